The quantitative estimate of drug-likeness (QED) is 0.318. The molecule has 2 rings (SSSR count). The molecule has 0 bridgehead atoms. The number of nitrogens with zero attached hydrogens (tertiary/aromatic N) is 2. The Labute approximate surface area is 153 Å². The number of hydrogen-bond acceptors (Lipinski definition) is 2. The molecular formula is C17H34IN3O. The fraction of sp³-hybridized carbons (Fsp3) is 0.941. The molecule has 1 saturated carbocycles. The van der Waals surface area contributed by atoms with E-state index in [2.05, 4.69) is 29.1 Å². The molecule has 2 unspecified atom stereocenters. The Kier molecular flexibility index (Phi) is 9.71. The average Bonchev–Trinajstić information content (AvgIpc) is 2.95. The Hall–Kier alpha value is -0.0400. The van der Waals surface area contributed by atoms with Crippen LogP contribution in [0, 0.1) is 11.8 Å². The van der Waals surface area contributed by atoms with Gasteiger partial charge in [0.2, 0.25) is 0 Å². The number of aliphatic imine (C=N–C) groups is 1. The summed E-state index contributed by atoms with van der Waals surface area (Å²) in [4.78, 5) is 6.86. The zero-order valence-electron chi connectivity index (χ0n) is 14.5. The van der Waals surface area contributed by atoms with E-state index in [0.29, 0.717) is 6.10 Å². The zero-order valence-corrected chi connectivity index (χ0v) is 16.8. The predicted octanol–water partition coefficient (Wildman–Crippen LogP) is 3.51. The normalized spacial score (nSPS) is 26.9. The Morgan fingerprint density at radius 2 is 1.82 bits per heavy atom. The van der Waals surface area contributed by atoms with Crippen LogP contribution in [0.1, 0.15) is 52.4 Å². The maximum Gasteiger partial charge on any atom is 0.193 e. The lowest BCUT2D eigenvalue weighted by Gasteiger charge is -2.37. The topological polar surface area (TPSA) is 36.9 Å². The minimum absolute atomic E-state index is 0. The summed E-state index contributed by atoms with van der Waals surface area (Å²) in [6.07, 6.45) is 8.16. The summed E-state index contributed by atoms with van der Waals surface area (Å²) >= 11 is 0. The first-order valence-electron chi connectivity index (χ1n) is 8.76. The summed E-state index contributed by atoms with van der Waals surface area (Å²) in [5.74, 6) is 2.59. The Morgan fingerprint density at radius 1 is 1.18 bits per heavy atom. The first kappa shape index (κ1) is 20.0. The standard InChI is InChI=1S/C17H33N3O.HI/c1-14-11-15(2)13-20(12-14)17(18-3)19-9-6-10-21-16-7-4-5-8-16;/h14-16H,4-13H2,1-3H3,(H,18,19);1H. The smallest absolute Gasteiger partial charge is 0.193 e. The van der Waals surface area contributed by atoms with Crippen LogP contribution in [0.2, 0.25) is 0 Å². The van der Waals surface area contributed by atoms with Crippen molar-refractivity contribution in [2.45, 2.75) is 58.5 Å². The predicted molar refractivity (Wildman–Crippen MR) is 104 cm³/mol. The molecule has 0 aromatic rings. The zero-order chi connectivity index (χ0) is 15.1. The van der Waals surface area contributed by atoms with E-state index in [9.17, 15) is 0 Å². The summed E-state index contributed by atoms with van der Waals surface area (Å²) in [5.41, 5.74) is 0. The second kappa shape index (κ2) is 10.7. The van der Waals surface area contributed by atoms with E-state index in [-0.39, 0.29) is 24.0 Å². The number of nitrogens with one attached hydrogen (secondary N) is 1. The molecule has 1 N–H and O–H groups in total. The van der Waals surface area contributed by atoms with Crippen LogP contribution < -0.4 is 5.32 Å². The van der Waals surface area contributed by atoms with E-state index in [1.54, 1.807) is 0 Å². The second-order valence-corrected chi connectivity index (χ2v) is 6.96. The van der Waals surface area contributed by atoms with Crippen LogP contribution in [-0.2, 0) is 4.74 Å². The van der Waals surface area contributed by atoms with Crippen molar-refractivity contribution in [2.75, 3.05) is 33.3 Å². The molecule has 0 aromatic carbocycles. The summed E-state index contributed by atoms with van der Waals surface area (Å²) in [6, 6.07) is 0. The van der Waals surface area contributed by atoms with Gasteiger partial charge < -0.3 is 15.0 Å². The number of guanidine groups is 1. The van der Waals surface area contributed by atoms with Crippen molar-refractivity contribution >= 4 is 29.9 Å². The van der Waals surface area contributed by atoms with Gasteiger partial charge in [0.25, 0.3) is 0 Å². The highest BCUT2D eigenvalue weighted by Gasteiger charge is 2.23. The first-order chi connectivity index (χ1) is 10.2. The fourth-order valence-electron chi connectivity index (χ4n) is 3.75. The van der Waals surface area contributed by atoms with Crippen molar-refractivity contribution in [3.63, 3.8) is 0 Å². The fourth-order valence-corrected chi connectivity index (χ4v) is 3.75. The molecule has 1 aliphatic carbocycles. The molecule has 5 heteroatoms. The molecule has 1 aliphatic heterocycles. The molecule has 0 amide bonds. The molecule has 4 nitrogen and oxygen atoms in total. The third kappa shape index (κ3) is 6.60. The number of rotatable bonds is 5. The molecule has 0 aromatic heterocycles. The maximum absolute atomic E-state index is 5.90. The van der Waals surface area contributed by atoms with E-state index >= 15 is 0 Å². The van der Waals surface area contributed by atoms with Gasteiger partial charge in [-0.3, -0.25) is 4.99 Å². The van der Waals surface area contributed by atoms with Crippen LogP contribution in [0.15, 0.2) is 4.99 Å². The highest BCUT2D eigenvalue weighted by Crippen LogP contribution is 2.21. The van der Waals surface area contributed by atoms with Gasteiger partial charge in [-0.2, -0.15) is 0 Å². The van der Waals surface area contributed by atoms with Crippen molar-refractivity contribution in [1.82, 2.24) is 10.2 Å². The Bertz CT molecular complexity index is 322. The van der Waals surface area contributed by atoms with Crippen molar-refractivity contribution in [2.24, 2.45) is 16.8 Å². The molecule has 0 radical (unpaired) electrons. The molecule has 22 heavy (non-hydrogen) atoms. The molecule has 1 saturated heterocycles. The number of ether oxygens (including phenoxy) is 1. The Balaban J connectivity index is 0.00000242. The highest BCUT2D eigenvalue weighted by molar-refractivity contribution is 14.0. The SMILES string of the molecule is CN=C(NCCCOC1CCCC1)N1CC(C)CC(C)C1.I. The van der Waals surface area contributed by atoms with Gasteiger partial charge in [-0.1, -0.05) is 26.7 Å². The monoisotopic (exact) mass is 423 g/mol. The van der Waals surface area contributed by atoms with Crippen LogP contribution in [0.3, 0.4) is 0 Å². The molecule has 2 atom stereocenters. The van der Waals surface area contributed by atoms with Gasteiger partial charge in [-0.05, 0) is 37.5 Å². The largest absolute Gasteiger partial charge is 0.378 e. The van der Waals surface area contributed by atoms with Gasteiger partial charge in [0, 0.05) is 33.3 Å². The third-order valence-electron chi connectivity index (χ3n) is 4.64. The Morgan fingerprint density at radius 3 is 2.41 bits per heavy atom. The van der Waals surface area contributed by atoms with Crippen LogP contribution in [0.5, 0.6) is 0 Å². The van der Waals surface area contributed by atoms with Crippen molar-refractivity contribution in [1.29, 1.82) is 0 Å². The first-order valence-corrected chi connectivity index (χ1v) is 8.76. The summed E-state index contributed by atoms with van der Waals surface area (Å²) in [5, 5.41) is 3.50. The average molecular weight is 423 g/mol. The van der Waals surface area contributed by atoms with Crippen molar-refractivity contribution < 1.29 is 4.74 Å². The van der Waals surface area contributed by atoms with Crippen LogP contribution >= 0.6 is 24.0 Å². The molecular weight excluding hydrogens is 389 g/mol. The van der Waals surface area contributed by atoms with Crippen LogP contribution in [-0.4, -0.2) is 50.3 Å². The van der Waals surface area contributed by atoms with Gasteiger partial charge >= 0.3 is 0 Å². The molecule has 2 aliphatic rings. The van der Waals surface area contributed by atoms with Gasteiger partial charge in [-0.15, -0.1) is 24.0 Å². The molecule has 130 valence electrons. The van der Waals surface area contributed by atoms with E-state index in [1.165, 1.54) is 32.1 Å². The lowest BCUT2D eigenvalue weighted by Crippen LogP contribution is -2.48. The third-order valence-corrected chi connectivity index (χ3v) is 4.64. The van der Waals surface area contributed by atoms with Crippen LogP contribution in [0.4, 0.5) is 0 Å². The lowest BCUT2D eigenvalue weighted by molar-refractivity contribution is 0.0572. The molecule has 0 spiro atoms. The second-order valence-electron chi connectivity index (χ2n) is 6.96. The van der Waals surface area contributed by atoms with E-state index in [1.807, 2.05) is 7.05 Å². The number of hydrogen-bond donors (Lipinski definition) is 1. The number of piperidine rings is 1. The minimum Gasteiger partial charge on any atom is -0.378 e. The van der Waals surface area contributed by atoms with Gasteiger partial charge in [-0.25, -0.2) is 0 Å². The van der Waals surface area contributed by atoms with Gasteiger partial charge in [0.05, 0.1) is 6.10 Å². The lowest BCUT2D eigenvalue weighted by atomic mass is 9.92. The van der Waals surface area contributed by atoms with Crippen molar-refractivity contribution in [3.05, 3.63) is 0 Å². The summed E-state index contributed by atoms with van der Waals surface area (Å²) < 4.78 is 5.90. The molecule has 2 fully saturated rings. The maximum atomic E-state index is 5.90. The summed E-state index contributed by atoms with van der Waals surface area (Å²) in [6.45, 7) is 8.77. The van der Waals surface area contributed by atoms with Gasteiger partial charge in [0.15, 0.2) is 5.96 Å². The number of halogens is 1. The van der Waals surface area contributed by atoms with Crippen LogP contribution in [0.25, 0.3) is 0 Å². The van der Waals surface area contributed by atoms with E-state index in [4.69, 9.17) is 4.74 Å². The molecule has 1 heterocycles. The minimum atomic E-state index is 0. The van der Waals surface area contributed by atoms with Crippen molar-refractivity contribution in [3.8, 4) is 0 Å². The van der Waals surface area contributed by atoms with Gasteiger partial charge in [0.1, 0.15) is 0 Å². The summed E-state index contributed by atoms with van der Waals surface area (Å²) in [7, 11) is 1.89. The van der Waals surface area contributed by atoms with E-state index in [0.717, 1.165) is 50.5 Å². The van der Waals surface area contributed by atoms with E-state index < -0.39 is 0 Å². The number of likely N-dealkylation sites (tertiary alicyclic amines) is 1. The highest BCUT2D eigenvalue weighted by atomic mass is 127.